The average molecular weight is 401 g/mol. The lowest BCUT2D eigenvalue weighted by molar-refractivity contribution is 0.222. The molecule has 0 spiro atoms. The summed E-state index contributed by atoms with van der Waals surface area (Å²) in [5.74, 6) is 0.573. The first-order chi connectivity index (χ1) is 12.2. The van der Waals surface area contributed by atoms with Crippen molar-refractivity contribution in [1.82, 2.24) is 10.6 Å². The standard InChI is InChI=1S/C21H25BrN2O/c22-19-11-9-17(10-12-19)18-14-20(15-18)24-21(25)23-13-5-4-8-16-6-2-1-3-7-16/h1-3,6-7,9-12,18,20H,4-5,8,13-15H2,(H2,23,24,25). The molecule has 4 heteroatoms. The Bertz CT molecular complexity index is 666. The molecule has 3 nitrogen and oxygen atoms in total. The zero-order valence-corrected chi connectivity index (χ0v) is 16.0. The van der Waals surface area contributed by atoms with Gasteiger partial charge in [0.1, 0.15) is 0 Å². The molecule has 2 aromatic rings. The first kappa shape index (κ1) is 18.0. The van der Waals surface area contributed by atoms with E-state index in [1.165, 1.54) is 11.1 Å². The van der Waals surface area contributed by atoms with Gasteiger partial charge in [0.15, 0.2) is 0 Å². The van der Waals surface area contributed by atoms with Gasteiger partial charge in [0, 0.05) is 17.1 Å². The lowest BCUT2D eigenvalue weighted by Crippen LogP contribution is -2.47. The van der Waals surface area contributed by atoms with Crippen LogP contribution in [0.5, 0.6) is 0 Å². The number of benzene rings is 2. The van der Waals surface area contributed by atoms with Crippen LogP contribution in [0.15, 0.2) is 59.1 Å². The van der Waals surface area contributed by atoms with Gasteiger partial charge >= 0.3 is 6.03 Å². The van der Waals surface area contributed by atoms with E-state index in [0.717, 1.165) is 43.1 Å². The van der Waals surface area contributed by atoms with E-state index in [2.05, 4.69) is 75.1 Å². The van der Waals surface area contributed by atoms with Gasteiger partial charge in [0.05, 0.1) is 0 Å². The number of hydrogen-bond donors (Lipinski definition) is 2. The Morgan fingerprint density at radius 1 is 1.00 bits per heavy atom. The topological polar surface area (TPSA) is 41.1 Å². The minimum Gasteiger partial charge on any atom is -0.338 e. The fraction of sp³-hybridized carbons (Fsp3) is 0.381. The van der Waals surface area contributed by atoms with Crippen LogP contribution in [0.4, 0.5) is 4.79 Å². The van der Waals surface area contributed by atoms with Crippen molar-refractivity contribution in [3.05, 3.63) is 70.2 Å². The molecule has 0 heterocycles. The molecule has 0 radical (unpaired) electrons. The van der Waals surface area contributed by atoms with Crippen molar-refractivity contribution in [3.63, 3.8) is 0 Å². The molecular formula is C21H25BrN2O. The van der Waals surface area contributed by atoms with Crippen molar-refractivity contribution in [2.45, 2.75) is 44.1 Å². The summed E-state index contributed by atoms with van der Waals surface area (Å²) in [5, 5.41) is 6.05. The van der Waals surface area contributed by atoms with Crippen LogP contribution in [0.1, 0.15) is 42.7 Å². The molecule has 0 aromatic heterocycles. The largest absolute Gasteiger partial charge is 0.338 e. The maximum Gasteiger partial charge on any atom is 0.315 e. The Morgan fingerprint density at radius 3 is 2.44 bits per heavy atom. The highest BCUT2D eigenvalue weighted by Crippen LogP contribution is 2.37. The van der Waals surface area contributed by atoms with E-state index < -0.39 is 0 Å². The second-order valence-corrected chi connectivity index (χ2v) is 7.68. The summed E-state index contributed by atoms with van der Waals surface area (Å²) in [6, 6.07) is 19.2. The Balaban J connectivity index is 1.26. The van der Waals surface area contributed by atoms with Crippen LogP contribution in [0.2, 0.25) is 0 Å². The van der Waals surface area contributed by atoms with Gasteiger partial charge in [-0.25, -0.2) is 4.79 Å². The van der Waals surface area contributed by atoms with E-state index in [9.17, 15) is 4.79 Å². The minimum absolute atomic E-state index is 0.0287. The predicted octanol–water partition coefficient (Wildman–Crippen LogP) is 5.02. The Labute approximate surface area is 158 Å². The number of aryl methyl sites for hydroxylation is 1. The fourth-order valence-corrected chi connectivity index (χ4v) is 3.54. The number of urea groups is 1. The second kappa shape index (κ2) is 9.04. The fourth-order valence-electron chi connectivity index (χ4n) is 3.28. The number of carbonyl (C=O) groups is 1. The molecule has 1 fully saturated rings. The van der Waals surface area contributed by atoms with E-state index in [1.807, 2.05) is 6.07 Å². The number of rotatable bonds is 7. The maximum absolute atomic E-state index is 11.9. The van der Waals surface area contributed by atoms with Crippen LogP contribution < -0.4 is 10.6 Å². The molecule has 2 aromatic carbocycles. The van der Waals surface area contributed by atoms with Gasteiger partial charge in [-0.1, -0.05) is 58.4 Å². The summed E-state index contributed by atoms with van der Waals surface area (Å²) >= 11 is 3.46. The smallest absolute Gasteiger partial charge is 0.315 e. The zero-order chi connectivity index (χ0) is 17.5. The van der Waals surface area contributed by atoms with Gasteiger partial charge in [-0.15, -0.1) is 0 Å². The maximum atomic E-state index is 11.9. The highest BCUT2D eigenvalue weighted by Gasteiger charge is 2.31. The van der Waals surface area contributed by atoms with Crippen molar-refractivity contribution in [2.75, 3.05) is 6.54 Å². The monoisotopic (exact) mass is 400 g/mol. The van der Waals surface area contributed by atoms with Crippen LogP contribution in [0.3, 0.4) is 0 Å². The molecule has 0 bridgehead atoms. The Hall–Kier alpha value is -1.81. The summed E-state index contributed by atoms with van der Waals surface area (Å²) < 4.78 is 1.11. The van der Waals surface area contributed by atoms with E-state index in [0.29, 0.717) is 12.0 Å². The third kappa shape index (κ3) is 5.60. The SMILES string of the molecule is O=C(NCCCCc1ccccc1)NC1CC(c2ccc(Br)cc2)C1. The van der Waals surface area contributed by atoms with Gasteiger partial charge in [0.25, 0.3) is 0 Å². The number of amides is 2. The summed E-state index contributed by atoms with van der Waals surface area (Å²) in [6.07, 6.45) is 5.24. The van der Waals surface area contributed by atoms with Gasteiger partial charge in [-0.3, -0.25) is 0 Å². The number of nitrogens with one attached hydrogen (secondary N) is 2. The molecule has 2 N–H and O–H groups in total. The second-order valence-electron chi connectivity index (χ2n) is 6.76. The van der Waals surface area contributed by atoms with Gasteiger partial charge in [-0.2, -0.15) is 0 Å². The van der Waals surface area contributed by atoms with Crippen molar-refractivity contribution in [3.8, 4) is 0 Å². The van der Waals surface area contributed by atoms with Crippen LogP contribution >= 0.6 is 15.9 Å². The first-order valence-corrected chi connectivity index (χ1v) is 9.84. The molecule has 132 valence electrons. The number of halogens is 1. The molecule has 0 aliphatic heterocycles. The highest BCUT2D eigenvalue weighted by atomic mass is 79.9. The Kier molecular flexibility index (Phi) is 6.51. The third-order valence-corrected chi connectivity index (χ3v) is 5.36. The van der Waals surface area contributed by atoms with Crippen LogP contribution in [0.25, 0.3) is 0 Å². The highest BCUT2D eigenvalue weighted by molar-refractivity contribution is 9.10. The molecule has 25 heavy (non-hydrogen) atoms. The molecule has 0 unspecified atom stereocenters. The summed E-state index contributed by atoms with van der Waals surface area (Å²) in [5.41, 5.74) is 2.72. The lowest BCUT2D eigenvalue weighted by Gasteiger charge is -2.36. The lowest BCUT2D eigenvalue weighted by atomic mass is 9.76. The summed E-state index contributed by atoms with van der Waals surface area (Å²) in [4.78, 5) is 11.9. The van der Waals surface area contributed by atoms with Crippen molar-refractivity contribution in [1.29, 1.82) is 0 Å². The minimum atomic E-state index is -0.0287. The molecule has 1 aliphatic carbocycles. The normalized spacial score (nSPS) is 19.1. The first-order valence-electron chi connectivity index (χ1n) is 9.04. The number of carbonyl (C=O) groups excluding carboxylic acids is 1. The third-order valence-electron chi connectivity index (χ3n) is 4.84. The molecule has 3 rings (SSSR count). The molecule has 1 saturated carbocycles. The Morgan fingerprint density at radius 2 is 1.72 bits per heavy atom. The van der Waals surface area contributed by atoms with Crippen LogP contribution in [0, 0.1) is 0 Å². The van der Waals surface area contributed by atoms with Gasteiger partial charge < -0.3 is 10.6 Å². The number of hydrogen-bond acceptors (Lipinski definition) is 1. The summed E-state index contributed by atoms with van der Waals surface area (Å²) in [6.45, 7) is 0.738. The van der Waals surface area contributed by atoms with Gasteiger partial charge in [0.2, 0.25) is 0 Å². The van der Waals surface area contributed by atoms with Gasteiger partial charge in [-0.05, 0) is 61.3 Å². The van der Waals surface area contributed by atoms with E-state index in [1.54, 1.807) is 0 Å². The van der Waals surface area contributed by atoms with Crippen LogP contribution in [-0.2, 0) is 6.42 Å². The average Bonchev–Trinajstić information content (AvgIpc) is 2.59. The van der Waals surface area contributed by atoms with E-state index in [4.69, 9.17) is 0 Å². The van der Waals surface area contributed by atoms with Crippen molar-refractivity contribution < 1.29 is 4.79 Å². The predicted molar refractivity (Wildman–Crippen MR) is 106 cm³/mol. The van der Waals surface area contributed by atoms with Crippen LogP contribution in [-0.4, -0.2) is 18.6 Å². The molecule has 2 amide bonds. The van der Waals surface area contributed by atoms with Crippen molar-refractivity contribution in [2.24, 2.45) is 0 Å². The van der Waals surface area contributed by atoms with E-state index >= 15 is 0 Å². The zero-order valence-electron chi connectivity index (χ0n) is 14.4. The summed E-state index contributed by atoms with van der Waals surface area (Å²) in [7, 11) is 0. The number of unbranched alkanes of at least 4 members (excludes halogenated alkanes) is 1. The molecule has 0 atom stereocenters. The molecule has 0 saturated heterocycles. The quantitative estimate of drug-likeness (QED) is 0.629. The molecule has 1 aliphatic rings. The van der Waals surface area contributed by atoms with Crippen molar-refractivity contribution >= 4 is 22.0 Å². The van der Waals surface area contributed by atoms with E-state index in [-0.39, 0.29) is 6.03 Å². The molecular weight excluding hydrogens is 376 g/mol.